The standard InChI is InChI=1S/C14H8O8.Na.H/c15-11(16)5-1-2-6(12(17)18)10-8(14(21)22)4-3-7(9(5)10)13(19)20;;/h1-4H,(H,15,16)(H,17,18)(H,19,20)(H,21,22);;/q;+1;-1. The number of carboxylic acid groups (broad SMARTS) is 4. The van der Waals surface area contributed by atoms with Gasteiger partial charge in [-0.3, -0.25) is 0 Å². The number of carboxylic acids is 4. The first-order valence-electron chi connectivity index (χ1n) is 5.78. The van der Waals surface area contributed by atoms with Crippen LogP contribution in [0, 0.1) is 0 Å². The van der Waals surface area contributed by atoms with Crippen LogP contribution in [0.2, 0.25) is 0 Å². The van der Waals surface area contributed by atoms with E-state index in [1.165, 1.54) is 0 Å². The number of benzene rings is 2. The Morgan fingerprint density at radius 2 is 0.739 bits per heavy atom. The molecule has 0 aromatic heterocycles. The summed E-state index contributed by atoms with van der Waals surface area (Å²) >= 11 is 0. The van der Waals surface area contributed by atoms with E-state index in [0.717, 1.165) is 24.3 Å². The number of hydrogen-bond donors (Lipinski definition) is 4. The minimum absolute atomic E-state index is 0. The van der Waals surface area contributed by atoms with Crippen LogP contribution in [-0.4, -0.2) is 44.3 Å². The van der Waals surface area contributed by atoms with Crippen molar-refractivity contribution in [2.75, 3.05) is 0 Å². The molecule has 2 aromatic carbocycles. The molecule has 2 aromatic rings. The van der Waals surface area contributed by atoms with Gasteiger partial charge in [0.2, 0.25) is 0 Å². The summed E-state index contributed by atoms with van der Waals surface area (Å²) in [5.41, 5.74) is -1.94. The summed E-state index contributed by atoms with van der Waals surface area (Å²) in [4.78, 5) is 45.1. The van der Waals surface area contributed by atoms with Gasteiger partial charge >= 0.3 is 53.4 Å². The van der Waals surface area contributed by atoms with Crippen molar-refractivity contribution in [2.45, 2.75) is 0 Å². The van der Waals surface area contributed by atoms with Gasteiger partial charge in [-0.25, -0.2) is 19.2 Å². The molecule has 0 bridgehead atoms. The fourth-order valence-corrected chi connectivity index (χ4v) is 2.21. The quantitative estimate of drug-likeness (QED) is 0.509. The second kappa shape index (κ2) is 6.78. The zero-order valence-electron chi connectivity index (χ0n) is 12.7. The van der Waals surface area contributed by atoms with E-state index in [-0.39, 0.29) is 31.0 Å². The predicted octanol–water partition coefficient (Wildman–Crippen LogP) is -1.25. The van der Waals surface area contributed by atoms with Gasteiger partial charge in [0.1, 0.15) is 0 Å². The molecule has 4 N–H and O–H groups in total. The minimum atomic E-state index is -1.49. The molecule has 2 rings (SSSR count). The fourth-order valence-electron chi connectivity index (χ4n) is 2.21. The number of hydrogen-bond acceptors (Lipinski definition) is 4. The summed E-state index contributed by atoms with van der Waals surface area (Å²) in [7, 11) is 0. The molecular weight excluding hydrogens is 319 g/mol. The molecule has 0 aliphatic carbocycles. The van der Waals surface area contributed by atoms with Crippen molar-refractivity contribution >= 4 is 34.6 Å². The SMILES string of the molecule is O=C(O)c1ccc(C(=O)O)c2c(C(=O)O)ccc(C(=O)O)c12.[H-].[Na+]. The van der Waals surface area contributed by atoms with Crippen LogP contribution in [0.15, 0.2) is 24.3 Å². The monoisotopic (exact) mass is 328 g/mol. The van der Waals surface area contributed by atoms with Gasteiger partial charge in [0, 0.05) is 10.8 Å². The largest absolute Gasteiger partial charge is 1.00 e. The van der Waals surface area contributed by atoms with Gasteiger partial charge in [-0.1, -0.05) is 0 Å². The van der Waals surface area contributed by atoms with Crippen LogP contribution < -0.4 is 29.6 Å². The summed E-state index contributed by atoms with van der Waals surface area (Å²) in [6.07, 6.45) is 0. The Morgan fingerprint density at radius 1 is 0.565 bits per heavy atom. The fraction of sp³-hybridized carbons (Fsp3) is 0. The Hall–Kier alpha value is -2.42. The molecule has 114 valence electrons. The van der Waals surface area contributed by atoms with Crippen molar-refractivity contribution in [1.29, 1.82) is 0 Å². The Labute approximate surface area is 151 Å². The molecule has 0 saturated heterocycles. The van der Waals surface area contributed by atoms with Crippen molar-refractivity contribution in [3.8, 4) is 0 Å². The summed E-state index contributed by atoms with van der Waals surface area (Å²) < 4.78 is 0. The molecule has 0 spiro atoms. The zero-order chi connectivity index (χ0) is 16.6. The molecule has 0 radical (unpaired) electrons. The van der Waals surface area contributed by atoms with E-state index in [1.54, 1.807) is 0 Å². The molecule has 0 aliphatic heterocycles. The van der Waals surface area contributed by atoms with Crippen molar-refractivity contribution in [2.24, 2.45) is 0 Å². The maximum Gasteiger partial charge on any atom is 1.00 e. The zero-order valence-corrected chi connectivity index (χ0v) is 13.7. The van der Waals surface area contributed by atoms with Crippen molar-refractivity contribution < 1.29 is 70.6 Å². The van der Waals surface area contributed by atoms with E-state index in [2.05, 4.69) is 0 Å². The van der Waals surface area contributed by atoms with Gasteiger partial charge in [-0.05, 0) is 24.3 Å². The van der Waals surface area contributed by atoms with Crippen LogP contribution in [0.5, 0.6) is 0 Å². The van der Waals surface area contributed by atoms with Crippen LogP contribution in [0.25, 0.3) is 10.8 Å². The van der Waals surface area contributed by atoms with Crippen molar-refractivity contribution in [3.63, 3.8) is 0 Å². The molecule has 0 aliphatic rings. The van der Waals surface area contributed by atoms with Crippen molar-refractivity contribution in [3.05, 3.63) is 46.5 Å². The molecule has 23 heavy (non-hydrogen) atoms. The van der Waals surface area contributed by atoms with Gasteiger partial charge in [-0.15, -0.1) is 0 Å². The van der Waals surface area contributed by atoms with E-state index in [4.69, 9.17) is 20.4 Å². The maximum absolute atomic E-state index is 11.3. The summed E-state index contributed by atoms with van der Waals surface area (Å²) in [5.74, 6) is -5.97. The molecule has 9 heteroatoms. The van der Waals surface area contributed by atoms with Gasteiger partial charge in [0.05, 0.1) is 22.3 Å². The van der Waals surface area contributed by atoms with Crippen LogP contribution in [0.3, 0.4) is 0 Å². The second-order valence-electron chi connectivity index (χ2n) is 4.29. The number of carbonyl (C=O) groups is 4. The van der Waals surface area contributed by atoms with Gasteiger partial charge in [0.25, 0.3) is 0 Å². The smallest absolute Gasteiger partial charge is 1.00 e. The molecule has 0 fully saturated rings. The normalized spacial score (nSPS) is 9.91. The number of rotatable bonds is 4. The number of fused-ring (bicyclic) bond motifs is 1. The topological polar surface area (TPSA) is 149 Å². The van der Waals surface area contributed by atoms with E-state index in [0.29, 0.717) is 0 Å². The first-order chi connectivity index (χ1) is 10.3. The Balaban J connectivity index is 0.00000264. The van der Waals surface area contributed by atoms with E-state index >= 15 is 0 Å². The summed E-state index contributed by atoms with van der Waals surface area (Å²) in [5, 5.41) is 35.8. The third-order valence-corrected chi connectivity index (χ3v) is 3.08. The van der Waals surface area contributed by atoms with Crippen LogP contribution in [0.4, 0.5) is 0 Å². The first-order valence-corrected chi connectivity index (χ1v) is 5.78. The average Bonchev–Trinajstić information content (AvgIpc) is 2.43. The summed E-state index contributed by atoms with van der Waals surface area (Å²) in [6, 6.07) is 3.75. The Kier molecular flexibility index (Phi) is 5.49. The van der Waals surface area contributed by atoms with Gasteiger partial charge in [0.15, 0.2) is 0 Å². The van der Waals surface area contributed by atoms with Crippen LogP contribution >= 0.6 is 0 Å². The molecule has 0 amide bonds. The number of aromatic carboxylic acids is 4. The molecule has 0 atom stereocenters. The molecule has 0 unspecified atom stereocenters. The summed E-state index contributed by atoms with van der Waals surface area (Å²) in [6.45, 7) is 0. The van der Waals surface area contributed by atoms with Crippen LogP contribution in [-0.2, 0) is 0 Å². The van der Waals surface area contributed by atoms with Crippen LogP contribution in [0.1, 0.15) is 42.9 Å². The maximum atomic E-state index is 11.3. The van der Waals surface area contributed by atoms with E-state index in [9.17, 15) is 19.2 Å². The first kappa shape index (κ1) is 18.6. The third-order valence-electron chi connectivity index (χ3n) is 3.08. The van der Waals surface area contributed by atoms with Gasteiger partial charge in [-0.2, -0.15) is 0 Å². The molecular formula is C14H9NaO8. The minimum Gasteiger partial charge on any atom is -1.00 e. The molecule has 0 saturated carbocycles. The third kappa shape index (κ3) is 3.19. The van der Waals surface area contributed by atoms with Crippen molar-refractivity contribution in [1.82, 2.24) is 0 Å². The molecule has 8 nitrogen and oxygen atoms in total. The Morgan fingerprint density at radius 3 is 0.870 bits per heavy atom. The van der Waals surface area contributed by atoms with E-state index < -0.39 is 56.9 Å². The average molecular weight is 328 g/mol. The van der Waals surface area contributed by atoms with E-state index in [1.807, 2.05) is 0 Å². The predicted molar refractivity (Wildman–Crippen MR) is 72.9 cm³/mol. The Bertz CT molecular complexity index is 724. The second-order valence-corrected chi connectivity index (χ2v) is 4.29. The molecule has 0 heterocycles. The van der Waals surface area contributed by atoms with Gasteiger partial charge < -0.3 is 21.9 Å².